The Morgan fingerprint density at radius 2 is 2.25 bits per heavy atom. The minimum atomic E-state index is 0.108. The molecule has 24 heavy (non-hydrogen) atoms. The number of aryl methyl sites for hydroxylation is 1. The lowest BCUT2D eigenvalue weighted by molar-refractivity contribution is 0.0677. The summed E-state index contributed by atoms with van der Waals surface area (Å²) in [6, 6.07) is 3.93. The molecular weight excluding hydrogens is 322 g/mol. The van der Waals surface area contributed by atoms with E-state index in [-0.39, 0.29) is 11.8 Å². The van der Waals surface area contributed by atoms with E-state index >= 15 is 0 Å². The van der Waals surface area contributed by atoms with Gasteiger partial charge in [0, 0.05) is 36.7 Å². The number of carbonyl (C=O) groups excluding carboxylic acids is 1. The van der Waals surface area contributed by atoms with E-state index < -0.39 is 0 Å². The zero-order valence-electron chi connectivity index (χ0n) is 14.2. The van der Waals surface area contributed by atoms with E-state index in [0.29, 0.717) is 19.7 Å². The standard InChI is InChI=1S/C18H23N3O2S/c1-12-3-6-16(24-12)18(22)20-8-14(10-23-2)17-15(9-20)19-11-21(17)7-13-4-5-13/h3,6,11,13-14H,4-5,7-10H2,1-2H3/t14-/m1/s1. The molecule has 0 unspecified atom stereocenters. The van der Waals surface area contributed by atoms with Crippen molar-refractivity contribution in [2.75, 3.05) is 20.3 Å². The van der Waals surface area contributed by atoms with Gasteiger partial charge in [0.05, 0.1) is 30.1 Å². The molecule has 2 aromatic rings. The van der Waals surface area contributed by atoms with Crippen molar-refractivity contribution in [3.8, 4) is 0 Å². The Hall–Kier alpha value is -1.66. The molecule has 1 amide bonds. The van der Waals surface area contributed by atoms with Gasteiger partial charge in [-0.15, -0.1) is 11.3 Å². The van der Waals surface area contributed by atoms with Crippen LogP contribution in [0.15, 0.2) is 18.5 Å². The van der Waals surface area contributed by atoms with E-state index in [1.807, 2.05) is 30.3 Å². The van der Waals surface area contributed by atoms with Gasteiger partial charge < -0.3 is 14.2 Å². The van der Waals surface area contributed by atoms with Gasteiger partial charge in [-0.2, -0.15) is 0 Å². The van der Waals surface area contributed by atoms with E-state index in [4.69, 9.17) is 4.74 Å². The molecule has 0 bridgehead atoms. The maximum Gasteiger partial charge on any atom is 0.264 e. The zero-order chi connectivity index (χ0) is 16.7. The normalized spacial score (nSPS) is 20.2. The Labute approximate surface area is 146 Å². The molecule has 0 aromatic carbocycles. The van der Waals surface area contributed by atoms with Crippen LogP contribution in [-0.4, -0.2) is 40.6 Å². The molecule has 1 saturated carbocycles. The Morgan fingerprint density at radius 3 is 2.92 bits per heavy atom. The van der Waals surface area contributed by atoms with Gasteiger partial charge in [0.25, 0.3) is 5.91 Å². The van der Waals surface area contributed by atoms with Crippen molar-refractivity contribution in [3.05, 3.63) is 39.6 Å². The van der Waals surface area contributed by atoms with E-state index in [2.05, 4.69) is 9.55 Å². The largest absolute Gasteiger partial charge is 0.384 e. The maximum atomic E-state index is 12.8. The Kier molecular flexibility index (Phi) is 4.18. The molecule has 128 valence electrons. The van der Waals surface area contributed by atoms with Gasteiger partial charge >= 0.3 is 0 Å². The second kappa shape index (κ2) is 6.33. The fraction of sp³-hybridized carbons (Fsp3) is 0.556. The van der Waals surface area contributed by atoms with E-state index in [0.717, 1.165) is 23.0 Å². The monoisotopic (exact) mass is 345 g/mol. The minimum absolute atomic E-state index is 0.108. The highest BCUT2D eigenvalue weighted by Crippen LogP contribution is 2.35. The number of methoxy groups -OCH3 is 1. The van der Waals surface area contributed by atoms with Crippen LogP contribution in [0.5, 0.6) is 0 Å². The second-order valence-corrected chi connectivity index (χ2v) is 8.21. The number of carbonyl (C=O) groups is 1. The molecule has 1 fully saturated rings. The first kappa shape index (κ1) is 15.8. The summed E-state index contributed by atoms with van der Waals surface area (Å²) in [4.78, 5) is 21.3. The van der Waals surface area contributed by atoms with E-state index in [1.54, 1.807) is 18.4 Å². The average Bonchev–Trinajstić information content (AvgIpc) is 3.13. The topological polar surface area (TPSA) is 47.4 Å². The number of imidazole rings is 1. The average molecular weight is 345 g/mol. The SMILES string of the molecule is COC[C@H]1CN(C(=O)c2ccc(C)s2)Cc2ncn(CC3CC3)c21. The summed E-state index contributed by atoms with van der Waals surface area (Å²) in [6.07, 6.45) is 4.60. The quantitative estimate of drug-likeness (QED) is 0.837. The van der Waals surface area contributed by atoms with Crippen LogP contribution in [0.3, 0.4) is 0 Å². The van der Waals surface area contributed by atoms with E-state index in [1.165, 1.54) is 23.4 Å². The van der Waals surface area contributed by atoms with Gasteiger partial charge in [-0.25, -0.2) is 4.98 Å². The summed E-state index contributed by atoms with van der Waals surface area (Å²) in [6.45, 7) is 5.01. The molecule has 6 heteroatoms. The van der Waals surface area contributed by atoms with Crippen molar-refractivity contribution in [2.45, 2.75) is 38.8 Å². The number of rotatable bonds is 5. The van der Waals surface area contributed by atoms with Crippen LogP contribution < -0.4 is 0 Å². The van der Waals surface area contributed by atoms with Crippen LogP contribution in [0.1, 0.15) is 44.7 Å². The maximum absolute atomic E-state index is 12.8. The van der Waals surface area contributed by atoms with Gasteiger partial charge in [0.2, 0.25) is 0 Å². The van der Waals surface area contributed by atoms with Crippen molar-refractivity contribution in [1.82, 2.24) is 14.5 Å². The molecule has 5 nitrogen and oxygen atoms in total. The summed E-state index contributed by atoms with van der Waals surface area (Å²) < 4.78 is 7.74. The smallest absolute Gasteiger partial charge is 0.264 e. The third-order valence-corrected chi connectivity index (χ3v) is 5.87. The first-order chi connectivity index (χ1) is 11.7. The van der Waals surface area contributed by atoms with E-state index in [9.17, 15) is 4.79 Å². The van der Waals surface area contributed by atoms with Crippen molar-refractivity contribution >= 4 is 17.2 Å². The minimum Gasteiger partial charge on any atom is -0.384 e. The lowest BCUT2D eigenvalue weighted by atomic mass is 9.98. The first-order valence-electron chi connectivity index (χ1n) is 8.54. The number of nitrogens with zero attached hydrogens (tertiary/aromatic N) is 3. The molecule has 1 atom stereocenters. The number of amides is 1. The van der Waals surface area contributed by atoms with Crippen LogP contribution in [0.2, 0.25) is 0 Å². The number of ether oxygens (including phenoxy) is 1. The van der Waals surface area contributed by atoms with Crippen LogP contribution >= 0.6 is 11.3 Å². The van der Waals surface area contributed by atoms with Gasteiger partial charge in [0.15, 0.2) is 0 Å². The fourth-order valence-electron chi connectivity index (χ4n) is 3.54. The van der Waals surface area contributed by atoms with Gasteiger partial charge in [0.1, 0.15) is 0 Å². The third kappa shape index (κ3) is 3.00. The highest BCUT2D eigenvalue weighted by Gasteiger charge is 2.34. The van der Waals surface area contributed by atoms with Crippen molar-refractivity contribution in [3.63, 3.8) is 0 Å². The molecular formula is C18H23N3O2S. The summed E-state index contributed by atoms with van der Waals surface area (Å²) >= 11 is 1.56. The molecule has 1 aliphatic heterocycles. The lowest BCUT2D eigenvalue weighted by Gasteiger charge is -2.32. The zero-order valence-corrected chi connectivity index (χ0v) is 15.0. The lowest BCUT2D eigenvalue weighted by Crippen LogP contribution is -2.40. The van der Waals surface area contributed by atoms with Gasteiger partial charge in [-0.1, -0.05) is 0 Å². The molecule has 0 N–H and O–H groups in total. The fourth-order valence-corrected chi connectivity index (χ4v) is 4.38. The number of hydrogen-bond acceptors (Lipinski definition) is 4. The molecule has 2 aliphatic rings. The predicted octanol–water partition coefficient (Wildman–Crippen LogP) is 3.05. The van der Waals surface area contributed by atoms with Crippen LogP contribution in [0, 0.1) is 12.8 Å². The highest BCUT2D eigenvalue weighted by atomic mass is 32.1. The van der Waals surface area contributed by atoms with Gasteiger partial charge in [-0.3, -0.25) is 4.79 Å². The molecule has 3 heterocycles. The molecule has 2 aromatic heterocycles. The van der Waals surface area contributed by atoms with Crippen LogP contribution in [-0.2, 0) is 17.8 Å². The Bertz CT molecular complexity index is 747. The summed E-state index contributed by atoms with van der Waals surface area (Å²) in [5, 5.41) is 0. The molecule has 0 spiro atoms. The van der Waals surface area contributed by atoms with Crippen molar-refractivity contribution < 1.29 is 9.53 Å². The molecule has 0 radical (unpaired) electrons. The molecule has 4 rings (SSSR count). The summed E-state index contributed by atoms with van der Waals surface area (Å²) in [5.41, 5.74) is 2.31. The second-order valence-electron chi connectivity index (χ2n) is 6.92. The summed E-state index contributed by atoms with van der Waals surface area (Å²) in [5.74, 6) is 1.11. The Morgan fingerprint density at radius 1 is 1.42 bits per heavy atom. The number of hydrogen-bond donors (Lipinski definition) is 0. The predicted molar refractivity (Wildman–Crippen MR) is 93.4 cm³/mol. The van der Waals surface area contributed by atoms with Crippen LogP contribution in [0.25, 0.3) is 0 Å². The highest BCUT2D eigenvalue weighted by molar-refractivity contribution is 7.13. The van der Waals surface area contributed by atoms with Crippen LogP contribution in [0.4, 0.5) is 0 Å². The van der Waals surface area contributed by atoms with Gasteiger partial charge in [-0.05, 0) is 37.8 Å². The van der Waals surface area contributed by atoms with Crippen molar-refractivity contribution in [1.29, 1.82) is 0 Å². The molecule has 0 saturated heterocycles. The number of fused-ring (bicyclic) bond motifs is 1. The third-order valence-electron chi connectivity index (χ3n) is 4.88. The molecule has 1 aliphatic carbocycles. The number of thiophene rings is 1. The summed E-state index contributed by atoms with van der Waals surface area (Å²) in [7, 11) is 1.73. The first-order valence-corrected chi connectivity index (χ1v) is 9.36. The number of aromatic nitrogens is 2. The van der Waals surface area contributed by atoms with Crippen molar-refractivity contribution in [2.24, 2.45) is 5.92 Å². The Balaban J connectivity index is 1.59.